The zero-order valence-corrected chi connectivity index (χ0v) is 11.8. The minimum atomic E-state index is -0.254. The van der Waals surface area contributed by atoms with E-state index in [1.807, 2.05) is 19.1 Å². The Morgan fingerprint density at radius 3 is 2.95 bits per heavy atom. The molecule has 3 N–H and O–H groups in total. The average molecular weight is 284 g/mol. The Kier molecular flexibility index (Phi) is 4.63. The highest BCUT2D eigenvalue weighted by Crippen LogP contribution is 2.19. The number of hydrogen-bond donors (Lipinski definition) is 3. The van der Waals surface area contributed by atoms with Crippen molar-refractivity contribution >= 4 is 23.3 Å². The van der Waals surface area contributed by atoms with Crippen LogP contribution in [0.4, 0.5) is 10.5 Å². The second kappa shape index (κ2) is 6.23. The smallest absolute Gasteiger partial charge is 0.319 e. The van der Waals surface area contributed by atoms with E-state index in [1.165, 1.54) is 0 Å². The summed E-state index contributed by atoms with van der Waals surface area (Å²) in [6.45, 7) is 3.37. The Hall–Kier alpha value is -1.30. The molecule has 1 saturated heterocycles. The summed E-state index contributed by atoms with van der Waals surface area (Å²) >= 11 is 6.01. The van der Waals surface area contributed by atoms with Crippen molar-refractivity contribution in [3.63, 3.8) is 0 Å². The van der Waals surface area contributed by atoms with Crippen LogP contribution in [0, 0.1) is 6.92 Å². The lowest BCUT2D eigenvalue weighted by Gasteiger charge is -2.19. The third-order valence-corrected chi connectivity index (χ3v) is 3.61. The van der Waals surface area contributed by atoms with Crippen LogP contribution in [-0.2, 0) is 4.74 Å². The first-order valence-corrected chi connectivity index (χ1v) is 6.55. The Morgan fingerprint density at radius 2 is 2.26 bits per heavy atom. The largest absolute Gasteiger partial charge is 0.378 e. The molecule has 0 bridgehead atoms. The molecule has 1 aromatic carbocycles. The molecular formula is C13H18ClN3O2. The lowest BCUT2D eigenvalue weighted by Crippen LogP contribution is -2.45. The van der Waals surface area contributed by atoms with E-state index >= 15 is 0 Å². The molecule has 1 fully saturated rings. The van der Waals surface area contributed by atoms with Crippen LogP contribution in [0.2, 0.25) is 5.02 Å². The highest BCUT2D eigenvalue weighted by atomic mass is 35.5. The van der Waals surface area contributed by atoms with Gasteiger partial charge in [0.05, 0.1) is 12.1 Å². The minimum absolute atomic E-state index is 0.00681. The van der Waals surface area contributed by atoms with Crippen molar-refractivity contribution in [1.29, 1.82) is 0 Å². The summed E-state index contributed by atoms with van der Waals surface area (Å²) < 4.78 is 5.28. The van der Waals surface area contributed by atoms with E-state index in [0.717, 1.165) is 12.1 Å². The average Bonchev–Trinajstić information content (AvgIpc) is 2.81. The molecule has 104 valence electrons. The predicted octanol–water partition coefficient (Wildman–Crippen LogP) is 1.76. The molecule has 0 saturated carbocycles. The van der Waals surface area contributed by atoms with Crippen LogP contribution in [0.3, 0.4) is 0 Å². The van der Waals surface area contributed by atoms with E-state index in [2.05, 4.69) is 16.0 Å². The Morgan fingerprint density at radius 1 is 1.47 bits per heavy atom. The summed E-state index contributed by atoms with van der Waals surface area (Å²) in [6.07, 6.45) is 0.00681. The molecule has 1 aliphatic rings. The maximum absolute atomic E-state index is 11.9. The van der Waals surface area contributed by atoms with Crippen molar-refractivity contribution < 1.29 is 9.53 Å². The molecule has 0 aromatic heterocycles. The minimum Gasteiger partial charge on any atom is -0.378 e. The molecule has 1 heterocycles. The summed E-state index contributed by atoms with van der Waals surface area (Å²) in [7, 11) is 1.64. The summed E-state index contributed by atoms with van der Waals surface area (Å²) in [5.74, 6) is 0. The number of nitrogens with one attached hydrogen (secondary N) is 3. The lowest BCUT2D eigenvalue weighted by molar-refractivity contribution is 0.0991. The van der Waals surface area contributed by atoms with E-state index in [9.17, 15) is 4.79 Å². The number of hydrogen-bond acceptors (Lipinski definition) is 3. The number of ether oxygens (including phenoxy) is 1. The zero-order chi connectivity index (χ0) is 13.8. The van der Waals surface area contributed by atoms with Gasteiger partial charge in [0, 0.05) is 30.9 Å². The van der Waals surface area contributed by atoms with Gasteiger partial charge >= 0.3 is 6.03 Å². The number of methoxy groups -OCH3 is 1. The van der Waals surface area contributed by atoms with Gasteiger partial charge < -0.3 is 20.7 Å². The maximum atomic E-state index is 11.9. The highest BCUT2D eigenvalue weighted by molar-refractivity contribution is 6.31. The second-order valence-corrected chi connectivity index (χ2v) is 5.01. The topological polar surface area (TPSA) is 62.4 Å². The van der Waals surface area contributed by atoms with Crippen molar-refractivity contribution in [2.24, 2.45) is 0 Å². The first-order valence-electron chi connectivity index (χ1n) is 6.17. The molecule has 2 rings (SSSR count). The van der Waals surface area contributed by atoms with Crippen LogP contribution in [-0.4, -0.2) is 38.4 Å². The van der Waals surface area contributed by atoms with Crippen LogP contribution in [0.25, 0.3) is 0 Å². The number of halogens is 1. The van der Waals surface area contributed by atoms with Crippen LogP contribution < -0.4 is 16.0 Å². The molecular weight excluding hydrogens is 266 g/mol. The van der Waals surface area contributed by atoms with Gasteiger partial charge in [-0.05, 0) is 24.6 Å². The number of benzene rings is 1. The Balaban J connectivity index is 1.92. The normalized spacial score (nSPS) is 22.3. The number of rotatable bonds is 3. The number of urea groups is 1. The molecule has 0 spiro atoms. The van der Waals surface area contributed by atoms with Gasteiger partial charge in [-0.15, -0.1) is 0 Å². The second-order valence-electron chi connectivity index (χ2n) is 4.60. The predicted molar refractivity (Wildman–Crippen MR) is 75.8 cm³/mol. The first-order chi connectivity index (χ1) is 9.10. The molecule has 1 unspecified atom stereocenters. The quantitative estimate of drug-likeness (QED) is 0.792. The maximum Gasteiger partial charge on any atom is 0.319 e. The van der Waals surface area contributed by atoms with Crippen LogP contribution >= 0.6 is 11.6 Å². The SMILES string of the molecule is CO[C@H]1CNCC1NC(=O)Nc1ccc(C)c(Cl)c1. The van der Waals surface area contributed by atoms with E-state index in [1.54, 1.807) is 13.2 Å². The Labute approximate surface area is 117 Å². The molecule has 1 aromatic rings. The van der Waals surface area contributed by atoms with E-state index in [0.29, 0.717) is 17.3 Å². The first kappa shape index (κ1) is 14.1. The van der Waals surface area contributed by atoms with Crippen LogP contribution in [0.15, 0.2) is 18.2 Å². The van der Waals surface area contributed by atoms with Crippen molar-refractivity contribution in [2.45, 2.75) is 19.1 Å². The molecule has 2 atom stereocenters. The molecule has 1 aliphatic heterocycles. The monoisotopic (exact) mass is 283 g/mol. The van der Waals surface area contributed by atoms with Gasteiger partial charge in [0.1, 0.15) is 0 Å². The van der Waals surface area contributed by atoms with E-state index in [4.69, 9.17) is 16.3 Å². The van der Waals surface area contributed by atoms with Crippen molar-refractivity contribution in [3.05, 3.63) is 28.8 Å². The summed E-state index contributed by atoms with van der Waals surface area (Å²) in [5.41, 5.74) is 1.65. The number of anilines is 1. The van der Waals surface area contributed by atoms with Gasteiger partial charge in [-0.2, -0.15) is 0 Å². The number of aryl methyl sites for hydroxylation is 1. The number of amides is 2. The third kappa shape index (κ3) is 3.59. The van der Waals surface area contributed by atoms with Gasteiger partial charge in [-0.3, -0.25) is 0 Å². The lowest BCUT2D eigenvalue weighted by atomic mass is 10.2. The summed E-state index contributed by atoms with van der Waals surface area (Å²) in [4.78, 5) is 11.9. The van der Waals surface area contributed by atoms with Gasteiger partial charge in [-0.25, -0.2) is 4.79 Å². The number of carbonyl (C=O) groups is 1. The number of carbonyl (C=O) groups excluding carboxylic acids is 1. The van der Waals surface area contributed by atoms with Gasteiger partial charge in [0.15, 0.2) is 0 Å². The van der Waals surface area contributed by atoms with Crippen molar-refractivity contribution in [2.75, 3.05) is 25.5 Å². The van der Waals surface area contributed by atoms with Gasteiger partial charge in [0.2, 0.25) is 0 Å². The molecule has 0 radical (unpaired) electrons. The van der Waals surface area contributed by atoms with Gasteiger partial charge in [-0.1, -0.05) is 17.7 Å². The standard InChI is InChI=1S/C13H18ClN3O2/c1-8-3-4-9(5-10(8)14)16-13(18)17-11-6-15-7-12(11)19-2/h3-5,11-12,15H,6-7H2,1-2H3,(H2,16,17,18)/t11?,12-/m0/s1. The summed E-state index contributed by atoms with van der Waals surface area (Å²) in [6, 6.07) is 5.15. The highest BCUT2D eigenvalue weighted by Gasteiger charge is 2.28. The molecule has 0 aliphatic carbocycles. The third-order valence-electron chi connectivity index (χ3n) is 3.21. The fourth-order valence-corrected chi connectivity index (χ4v) is 2.23. The molecule has 19 heavy (non-hydrogen) atoms. The van der Waals surface area contributed by atoms with Crippen molar-refractivity contribution in [1.82, 2.24) is 10.6 Å². The zero-order valence-electron chi connectivity index (χ0n) is 11.0. The summed E-state index contributed by atoms with van der Waals surface area (Å²) in [5, 5.41) is 9.45. The van der Waals surface area contributed by atoms with Gasteiger partial charge in [0.25, 0.3) is 0 Å². The van der Waals surface area contributed by atoms with Crippen LogP contribution in [0.1, 0.15) is 5.56 Å². The van der Waals surface area contributed by atoms with Crippen LogP contribution in [0.5, 0.6) is 0 Å². The fourth-order valence-electron chi connectivity index (χ4n) is 2.05. The van der Waals surface area contributed by atoms with E-state index in [-0.39, 0.29) is 18.2 Å². The van der Waals surface area contributed by atoms with Crippen molar-refractivity contribution in [3.8, 4) is 0 Å². The van der Waals surface area contributed by atoms with E-state index < -0.39 is 0 Å². The molecule has 6 heteroatoms. The molecule has 2 amide bonds. The fraction of sp³-hybridized carbons (Fsp3) is 0.462. The Bertz CT molecular complexity index is 467. The molecule has 5 nitrogen and oxygen atoms in total.